The van der Waals surface area contributed by atoms with E-state index in [9.17, 15) is 9.18 Å². The van der Waals surface area contributed by atoms with Crippen molar-refractivity contribution in [2.45, 2.75) is 31.3 Å². The number of anilines is 2. The van der Waals surface area contributed by atoms with Gasteiger partial charge >= 0.3 is 0 Å². The Morgan fingerprint density at radius 1 is 1.03 bits per heavy atom. The van der Waals surface area contributed by atoms with Gasteiger partial charge in [-0.15, -0.1) is 0 Å². The van der Waals surface area contributed by atoms with Crippen molar-refractivity contribution >= 4 is 17.0 Å². The van der Waals surface area contributed by atoms with Crippen LogP contribution in [0.3, 0.4) is 0 Å². The number of pyridine rings is 2. The Morgan fingerprint density at radius 3 is 2.53 bits per heavy atom. The predicted molar refractivity (Wildman–Crippen MR) is 140 cm³/mol. The predicted octanol–water partition coefficient (Wildman–Crippen LogP) is 5.91. The second-order valence-electron chi connectivity index (χ2n) is 9.40. The van der Waals surface area contributed by atoms with Gasteiger partial charge in [0.1, 0.15) is 5.82 Å². The van der Waals surface area contributed by atoms with Gasteiger partial charge in [-0.05, 0) is 73.4 Å². The molecule has 1 saturated carbocycles. The molecule has 1 atom stereocenters. The molecule has 3 aromatic heterocycles. The number of hydrogen-bond acceptors (Lipinski definition) is 4. The first-order chi connectivity index (χ1) is 17.5. The zero-order valence-electron chi connectivity index (χ0n) is 19.8. The number of fused-ring (bicyclic) bond motifs is 1. The maximum Gasteiger partial charge on any atom is 0.248 e. The lowest BCUT2D eigenvalue weighted by Crippen LogP contribution is -2.31. The van der Waals surface area contributed by atoms with Crippen molar-refractivity contribution in [3.05, 3.63) is 119 Å². The summed E-state index contributed by atoms with van der Waals surface area (Å²) < 4.78 is 15.3. The van der Waals surface area contributed by atoms with E-state index in [1.165, 1.54) is 17.7 Å². The fourth-order valence-corrected chi connectivity index (χ4v) is 4.87. The fraction of sp³-hybridized carbons (Fsp3) is 0.172. The molecule has 36 heavy (non-hydrogen) atoms. The number of H-pyrrole nitrogens is 1. The van der Waals surface area contributed by atoms with E-state index in [1.807, 2.05) is 40.9 Å². The monoisotopic (exact) mass is 479 g/mol. The summed E-state index contributed by atoms with van der Waals surface area (Å²) >= 11 is 0. The molecule has 0 radical (unpaired) electrons. The van der Waals surface area contributed by atoms with Crippen molar-refractivity contribution in [3.63, 3.8) is 0 Å². The Bertz CT molecular complexity index is 1580. The Labute approximate surface area is 207 Å². The summed E-state index contributed by atoms with van der Waals surface area (Å²) in [5.41, 5.74) is 6.45. The quantitative estimate of drug-likeness (QED) is 0.271. The van der Waals surface area contributed by atoms with Crippen LogP contribution in [0.4, 0.5) is 15.8 Å². The Balaban J connectivity index is 1.20. The highest BCUT2D eigenvalue weighted by molar-refractivity contribution is 5.78. The zero-order chi connectivity index (χ0) is 24.7. The molecule has 6 rings (SSSR count). The van der Waals surface area contributed by atoms with E-state index >= 15 is 0 Å². The Kier molecular flexibility index (Phi) is 5.42. The molecule has 1 fully saturated rings. The summed E-state index contributed by atoms with van der Waals surface area (Å²) in [6, 6.07) is 22.8. The molecule has 2 aromatic carbocycles. The highest BCUT2D eigenvalue weighted by Crippen LogP contribution is 2.47. The first-order valence-corrected chi connectivity index (χ1v) is 12.1. The third kappa shape index (κ3) is 4.18. The summed E-state index contributed by atoms with van der Waals surface area (Å²) in [7, 11) is 0. The van der Waals surface area contributed by atoms with Gasteiger partial charge in [-0.1, -0.05) is 24.3 Å². The van der Waals surface area contributed by atoms with Crippen LogP contribution in [0.2, 0.25) is 0 Å². The van der Waals surface area contributed by atoms with Crippen molar-refractivity contribution in [2.75, 3.05) is 5.32 Å². The SMILES string of the molecule is CC(NC1(c2ccc(F)cc2)CC1)c1ccc(Nc2ccc(-c3cc[nH]c(=O)c3)n3ccnc23)cc1. The first-order valence-electron chi connectivity index (χ1n) is 12.1. The first kappa shape index (κ1) is 22.2. The number of benzene rings is 2. The van der Waals surface area contributed by atoms with Gasteiger partial charge in [-0.3, -0.25) is 9.20 Å². The lowest BCUT2D eigenvalue weighted by Gasteiger charge is -2.24. The number of hydrogen-bond donors (Lipinski definition) is 3. The maximum atomic E-state index is 13.4. The van der Waals surface area contributed by atoms with E-state index in [-0.39, 0.29) is 23.0 Å². The number of imidazole rings is 1. The van der Waals surface area contributed by atoms with Crippen molar-refractivity contribution < 1.29 is 4.39 Å². The van der Waals surface area contributed by atoms with Crippen LogP contribution in [0.5, 0.6) is 0 Å². The van der Waals surface area contributed by atoms with E-state index in [4.69, 9.17) is 0 Å². The lowest BCUT2D eigenvalue weighted by molar-refractivity contribution is 0.450. The second-order valence-corrected chi connectivity index (χ2v) is 9.40. The molecule has 1 aliphatic rings. The summed E-state index contributed by atoms with van der Waals surface area (Å²) in [6.07, 6.45) is 7.39. The normalized spacial score (nSPS) is 15.1. The van der Waals surface area contributed by atoms with E-state index in [1.54, 1.807) is 18.5 Å². The highest BCUT2D eigenvalue weighted by Gasteiger charge is 2.44. The Hall–Kier alpha value is -4.23. The van der Waals surface area contributed by atoms with Crippen LogP contribution < -0.4 is 16.2 Å². The third-order valence-corrected chi connectivity index (χ3v) is 6.95. The molecule has 6 nitrogen and oxygen atoms in total. The number of nitrogens with zero attached hydrogens (tertiary/aromatic N) is 2. The van der Waals surface area contributed by atoms with Gasteiger partial charge in [0.15, 0.2) is 5.65 Å². The summed E-state index contributed by atoms with van der Waals surface area (Å²) in [4.78, 5) is 19.0. The van der Waals surface area contributed by atoms with Gasteiger partial charge in [0.2, 0.25) is 5.56 Å². The van der Waals surface area contributed by atoms with Crippen molar-refractivity contribution in [2.24, 2.45) is 0 Å². The lowest BCUT2D eigenvalue weighted by atomic mass is 10.0. The van der Waals surface area contributed by atoms with E-state index in [2.05, 4.69) is 51.8 Å². The molecule has 5 aromatic rings. The largest absolute Gasteiger partial charge is 0.352 e. The molecule has 1 unspecified atom stereocenters. The van der Waals surface area contributed by atoms with Crippen molar-refractivity contribution in [1.29, 1.82) is 0 Å². The third-order valence-electron chi connectivity index (χ3n) is 6.95. The van der Waals surface area contributed by atoms with Gasteiger partial charge in [0, 0.05) is 47.5 Å². The Morgan fingerprint density at radius 2 is 1.81 bits per heavy atom. The van der Waals surface area contributed by atoms with E-state index in [0.29, 0.717) is 0 Å². The number of halogens is 1. The molecular weight excluding hydrogens is 453 g/mol. The van der Waals surface area contributed by atoms with Gasteiger partial charge in [-0.2, -0.15) is 0 Å². The standard InChI is InChI=1S/C29H26FN5O/c1-19(34-29(13-14-29)22-4-6-23(30)7-5-22)20-2-8-24(9-3-20)33-25-10-11-26(35-17-16-32-28(25)35)21-12-15-31-27(36)18-21/h2-12,15-19,33-34H,13-14H2,1H3,(H,31,36). The molecular formula is C29H26FN5O. The summed E-state index contributed by atoms with van der Waals surface area (Å²) in [5, 5.41) is 7.23. The van der Waals surface area contributed by atoms with Crippen molar-refractivity contribution in [3.8, 4) is 11.3 Å². The van der Waals surface area contributed by atoms with Crippen LogP contribution in [0.25, 0.3) is 16.9 Å². The minimum absolute atomic E-state index is 0.0678. The van der Waals surface area contributed by atoms with E-state index in [0.717, 1.165) is 46.7 Å². The number of rotatable bonds is 7. The average Bonchev–Trinajstić information content (AvgIpc) is 3.49. The molecule has 3 heterocycles. The fourth-order valence-electron chi connectivity index (χ4n) is 4.87. The van der Waals surface area contributed by atoms with Crippen LogP contribution in [-0.4, -0.2) is 14.4 Å². The van der Waals surface area contributed by atoms with Crippen LogP contribution >= 0.6 is 0 Å². The maximum absolute atomic E-state index is 13.4. The summed E-state index contributed by atoms with van der Waals surface area (Å²) in [5.74, 6) is -0.205. The molecule has 7 heteroatoms. The van der Waals surface area contributed by atoms with E-state index < -0.39 is 0 Å². The molecule has 0 bridgehead atoms. The number of aromatic amines is 1. The average molecular weight is 480 g/mol. The number of nitrogens with one attached hydrogen (secondary N) is 3. The highest BCUT2D eigenvalue weighted by atomic mass is 19.1. The zero-order valence-corrected chi connectivity index (χ0v) is 19.8. The van der Waals surface area contributed by atoms with Gasteiger partial charge in [0.25, 0.3) is 0 Å². The van der Waals surface area contributed by atoms with Gasteiger partial charge in [0.05, 0.1) is 11.4 Å². The molecule has 0 spiro atoms. The molecule has 0 amide bonds. The topological polar surface area (TPSA) is 74.2 Å². The van der Waals surface area contributed by atoms with Gasteiger partial charge in [-0.25, -0.2) is 9.37 Å². The molecule has 3 N–H and O–H groups in total. The van der Waals surface area contributed by atoms with Crippen LogP contribution in [0, 0.1) is 5.82 Å². The molecule has 0 aliphatic heterocycles. The number of aromatic nitrogens is 3. The minimum Gasteiger partial charge on any atom is -0.352 e. The molecule has 180 valence electrons. The second kappa shape index (κ2) is 8.77. The minimum atomic E-state index is -0.205. The van der Waals surface area contributed by atoms with Gasteiger partial charge < -0.3 is 15.6 Å². The smallest absolute Gasteiger partial charge is 0.248 e. The molecule has 1 aliphatic carbocycles. The molecule has 0 saturated heterocycles. The summed E-state index contributed by atoms with van der Waals surface area (Å²) in [6.45, 7) is 2.16. The van der Waals surface area contributed by atoms with Crippen LogP contribution in [0.1, 0.15) is 36.9 Å². The van der Waals surface area contributed by atoms with Crippen molar-refractivity contribution in [1.82, 2.24) is 19.7 Å². The van der Waals surface area contributed by atoms with Crippen LogP contribution in [0.15, 0.2) is 96.2 Å². The van der Waals surface area contributed by atoms with Crippen LogP contribution in [-0.2, 0) is 5.54 Å².